The van der Waals surface area contributed by atoms with Gasteiger partial charge in [-0.25, -0.2) is 0 Å². The molecule has 3 fully saturated rings. The third kappa shape index (κ3) is 2.28. The molecule has 8 atom stereocenters. The van der Waals surface area contributed by atoms with Crippen LogP contribution in [0, 0.1) is 40.4 Å². The van der Waals surface area contributed by atoms with Crippen molar-refractivity contribution in [1.29, 1.82) is 0 Å². The minimum absolute atomic E-state index is 0.0305. The fourth-order valence-electron chi connectivity index (χ4n) is 7.80. The number of fused-ring (bicyclic) bond motifs is 5. The number of alkyl halides is 1. The lowest BCUT2D eigenvalue weighted by molar-refractivity contribution is -0.129. The Balaban J connectivity index is 1.72. The van der Waals surface area contributed by atoms with Crippen LogP contribution in [-0.2, 0) is 9.59 Å². The Morgan fingerprint density at radius 2 is 1.96 bits per heavy atom. The Morgan fingerprint density at radius 3 is 2.64 bits per heavy atom. The maximum Gasteiger partial charge on any atom is 0.157 e. The van der Waals surface area contributed by atoms with E-state index in [9.17, 15) is 9.59 Å². The Bertz CT molecular complexity index is 652. The molecule has 0 aromatic rings. The summed E-state index contributed by atoms with van der Waals surface area (Å²) in [4.78, 5) is 24.4. The zero-order chi connectivity index (χ0) is 18.1. The van der Waals surface area contributed by atoms with Crippen LogP contribution in [0.5, 0.6) is 0 Å². The second-order valence-electron chi connectivity index (χ2n) is 9.85. The molecule has 25 heavy (non-hydrogen) atoms. The fourth-order valence-corrected chi connectivity index (χ4v) is 8.25. The first-order valence-electron chi connectivity index (χ1n) is 10.1. The van der Waals surface area contributed by atoms with Crippen LogP contribution in [0.15, 0.2) is 11.6 Å². The third-order valence-corrected chi connectivity index (χ3v) is 9.40. The van der Waals surface area contributed by atoms with E-state index in [-0.39, 0.29) is 27.9 Å². The molecular weight excluding hydrogens is 332 g/mol. The van der Waals surface area contributed by atoms with Crippen molar-refractivity contribution < 1.29 is 9.59 Å². The van der Waals surface area contributed by atoms with Crippen LogP contribution in [0.25, 0.3) is 0 Å². The third-order valence-electron chi connectivity index (χ3n) is 8.79. The molecule has 3 saturated carbocycles. The second kappa shape index (κ2) is 5.68. The molecule has 138 valence electrons. The molecule has 0 aliphatic heterocycles. The van der Waals surface area contributed by atoms with E-state index in [4.69, 9.17) is 11.6 Å². The summed E-state index contributed by atoms with van der Waals surface area (Å²) in [7, 11) is 0. The predicted molar refractivity (Wildman–Crippen MR) is 100 cm³/mol. The van der Waals surface area contributed by atoms with E-state index < -0.39 is 0 Å². The topological polar surface area (TPSA) is 34.1 Å². The zero-order valence-electron chi connectivity index (χ0n) is 16.0. The van der Waals surface area contributed by atoms with Gasteiger partial charge in [0.2, 0.25) is 0 Å². The summed E-state index contributed by atoms with van der Waals surface area (Å²) in [6.07, 6.45) is 8.05. The van der Waals surface area contributed by atoms with Gasteiger partial charge in [0.05, 0.1) is 5.38 Å². The molecule has 0 amide bonds. The summed E-state index contributed by atoms with van der Waals surface area (Å²) in [6, 6.07) is 0. The average molecular weight is 363 g/mol. The molecule has 0 saturated heterocycles. The number of hydrogen-bond donors (Lipinski definition) is 0. The maximum atomic E-state index is 12.4. The Labute approximate surface area is 156 Å². The lowest BCUT2D eigenvalue weighted by Gasteiger charge is -2.59. The fraction of sp³-hybridized carbons (Fsp3) is 0.818. The minimum atomic E-state index is -0.0698. The SMILES string of the molecule is CC(=O)[C@H]1[C@H](C)C[C@H]2[C@@H]3CCC4=CC(=O)CC(Cl)[C@]4(C)[C@H]3CC[C@@]21C. The highest BCUT2D eigenvalue weighted by molar-refractivity contribution is 6.23. The number of carbonyl (C=O) groups is 2. The van der Waals surface area contributed by atoms with Crippen LogP contribution in [0.3, 0.4) is 0 Å². The molecule has 4 aliphatic carbocycles. The van der Waals surface area contributed by atoms with E-state index in [1.807, 2.05) is 6.08 Å². The monoisotopic (exact) mass is 362 g/mol. The summed E-state index contributed by atoms with van der Waals surface area (Å²) < 4.78 is 0. The van der Waals surface area contributed by atoms with Gasteiger partial charge >= 0.3 is 0 Å². The lowest BCUT2D eigenvalue weighted by atomic mass is 9.46. The van der Waals surface area contributed by atoms with Crippen molar-refractivity contribution in [2.24, 2.45) is 40.4 Å². The number of rotatable bonds is 1. The van der Waals surface area contributed by atoms with Crippen molar-refractivity contribution in [1.82, 2.24) is 0 Å². The van der Waals surface area contributed by atoms with Gasteiger partial charge in [-0.2, -0.15) is 0 Å². The Hall–Kier alpha value is -0.630. The first kappa shape index (κ1) is 17.8. The summed E-state index contributed by atoms with van der Waals surface area (Å²) in [5.74, 6) is 3.17. The highest BCUT2D eigenvalue weighted by atomic mass is 35.5. The first-order chi connectivity index (χ1) is 11.7. The van der Waals surface area contributed by atoms with Crippen LogP contribution in [0.2, 0.25) is 0 Å². The number of hydrogen-bond acceptors (Lipinski definition) is 2. The summed E-state index contributed by atoms with van der Waals surface area (Å²) >= 11 is 6.82. The van der Waals surface area contributed by atoms with Crippen molar-refractivity contribution in [3.8, 4) is 0 Å². The largest absolute Gasteiger partial charge is 0.300 e. The van der Waals surface area contributed by atoms with E-state index in [2.05, 4.69) is 20.8 Å². The van der Waals surface area contributed by atoms with E-state index in [1.54, 1.807) is 6.92 Å². The standard InChI is InChI=1S/C22H31ClO2/c1-12-9-18-16-6-5-14-10-15(25)11-19(23)22(14,4)17(16)7-8-21(18,3)20(12)13(2)24/h10,12,16-20H,5-9,11H2,1-4H3/t12-,16-,17+,18+,19?,20-,21+,22+/m1/s1. The molecule has 4 rings (SSSR count). The molecule has 0 spiro atoms. The van der Waals surface area contributed by atoms with Crippen molar-refractivity contribution >= 4 is 23.2 Å². The molecule has 0 aromatic heterocycles. The van der Waals surface area contributed by atoms with Gasteiger partial charge in [-0.05, 0) is 74.2 Å². The molecular formula is C22H31ClO2. The molecule has 1 unspecified atom stereocenters. The quantitative estimate of drug-likeness (QED) is 0.602. The molecule has 0 radical (unpaired) electrons. The van der Waals surface area contributed by atoms with Gasteiger partial charge in [0, 0.05) is 17.8 Å². The Morgan fingerprint density at radius 1 is 1.24 bits per heavy atom. The van der Waals surface area contributed by atoms with Gasteiger partial charge in [0.15, 0.2) is 5.78 Å². The van der Waals surface area contributed by atoms with E-state index in [0.717, 1.165) is 19.3 Å². The molecule has 3 heteroatoms. The van der Waals surface area contributed by atoms with Gasteiger partial charge in [-0.15, -0.1) is 11.6 Å². The molecule has 0 bridgehead atoms. The van der Waals surface area contributed by atoms with Crippen molar-refractivity contribution in [2.75, 3.05) is 0 Å². The number of carbonyl (C=O) groups excluding carboxylic acids is 2. The number of allylic oxidation sites excluding steroid dienone is 1. The van der Waals surface area contributed by atoms with E-state index in [1.165, 1.54) is 18.4 Å². The lowest BCUT2D eigenvalue weighted by Crippen LogP contribution is -2.54. The molecule has 0 N–H and O–H groups in total. The number of Topliss-reactive ketones (excluding diaryl/α,β-unsaturated/α-hetero) is 1. The van der Waals surface area contributed by atoms with Gasteiger partial charge < -0.3 is 0 Å². The first-order valence-corrected chi connectivity index (χ1v) is 10.5. The highest BCUT2D eigenvalue weighted by Gasteiger charge is 2.62. The summed E-state index contributed by atoms with van der Waals surface area (Å²) in [5, 5.41) is -0.0698. The molecule has 0 heterocycles. The van der Waals surface area contributed by atoms with E-state index in [0.29, 0.717) is 35.9 Å². The number of ketones is 2. The normalized spacial score (nSPS) is 52.0. The predicted octanol–water partition coefficient (Wildman–Crippen LogP) is 5.19. The van der Waals surface area contributed by atoms with Crippen LogP contribution < -0.4 is 0 Å². The van der Waals surface area contributed by atoms with Gasteiger partial charge in [-0.3, -0.25) is 9.59 Å². The zero-order valence-corrected chi connectivity index (χ0v) is 16.7. The van der Waals surface area contributed by atoms with E-state index >= 15 is 0 Å². The second-order valence-corrected chi connectivity index (χ2v) is 10.4. The van der Waals surface area contributed by atoms with Crippen LogP contribution in [-0.4, -0.2) is 16.9 Å². The molecule has 4 aliphatic rings. The van der Waals surface area contributed by atoms with Crippen molar-refractivity contribution in [2.45, 2.75) is 71.6 Å². The van der Waals surface area contributed by atoms with Crippen LogP contribution >= 0.6 is 11.6 Å². The summed E-state index contributed by atoms with van der Waals surface area (Å²) in [6.45, 7) is 8.79. The van der Waals surface area contributed by atoms with Crippen LogP contribution in [0.1, 0.15) is 66.2 Å². The van der Waals surface area contributed by atoms with Gasteiger partial charge in [0.1, 0.15) is 5.78 Å². The number of halogens is 1. The maximum absolute atomic E-state index is 12.4. The van der Waals surface area contributed by atoms with Gasteiger partial charge in [0.25, 0.3) is 0 Å². The molecule has 2 nitrogen and oxygen atoms in total. The molecule has 0 aromatic carbocycles. The highest BCUT2D eigenvalue weighted by Crippen LogP contribution is 2.68. The Kier molecular flexibility index (Phi) is 4.04. The van der Waals surface area contributed by atoms with Crippen molar-refractivity contribution in [3.63, 3.8) is 0 Å². The average Bonchev–Trinajstić information content (AvgIpc) is 2.79. The minimum Gasteiger partial charge on any atom is -0.300 e. The smallest absolute Gasteiger partial charge is 0.157 e. The van der Waals surface area contributed by atoms with Crippen molar-refractivity contribution in [3.05, 3.63) is 11.6 Å². The van der Waals surface area contributed by atoms with Gasteiger partial charge in [-0.1, -0.05) is 26.3 Å². The van der Waals surface area contributed by atoms with Crippen LogP contribution in [0.4, 0.5) is 0 Å². The summed E-state index contributed by atoms with van der Waals surface area (Å²) in [5.41, 5.74) is 1.44.